The monoisotopic (exact) mass is 669 g/mol. The number of halogens is 1. The topological polar surface area (TPSA) is 134 Å². The summed E-state index contributed by atoms with van der Waals surface area (Å²) >= 11 is 0. The molecule has 2 N–H and O–H groups in total. The van der Waals surface area contributed by atoms with Gasteiger partial charge in [0.25, 0.3) is 5.91 Å². The fourth-order valence-electron chi connectivity index (χ4n) is 6.42. The summed E-state index contributed by atoms with van der Waals surface area (Å²) in [4.78, 5) is 31.7. The van der Waals surface area contributed by atoms with Gasteiger partial charge in [0, 0.05) is 47.0 Å². The van der Waals surface area contributed by atoms with Gasteiger partial charge in [0.05, 0.1) is 42.4 Å². The Kier molecular flexibility index (Phi) is 8.88. The Hall–Kier alpha value is -4.94. The summed E-state index contributed by atoms with van der Waals surface area (Å²) in [7, 11) is -2.42. The SMILES string of the molecule is CNC(=O)c1c(-c2ccc(F)cc2)nn2cc(N(CCO)S(C)(=O)=O)c(-c3cccc(C(=O)C(C)CC4(c5ccccn5)CC4)c3)cc12. The number of anilines is 1. The summed E-state index contributed by atoms with van der Waals surface area (Å²) < 4.78 is 42.4. The van der Waals surface area contributed by atoms with Crippen LogP contribution in [0.4, 0.5) is 10.1 Å². The van der Waals surface area contributed by atoms with E-state index in [-0.39, 0.29) is 40.6 Å². The number of fused-ring (bicyclic) bond motifs is 1. The van der Waals surface area contributed by atoms with Crippen LogP contribution in [0.25, 0.3) is 27.9 Å². The first kappa shape index (κ1) is 33.0. The number of rotatable bonds is 12. The van der Waals surface area contributed by atoms with Crippen molar-refractivity contribution < 1.29 is 27.5 Å². The fourth-order valence-corrected chi connectivity index (χ4v) is 7.34. The zero-order valence-corrected chi connectivity index (χ0v) is 27.7. The van der Waals surface area contributed by atoms with Crippen molar-refractivity contribution in [2.24, 2.45) is 5.92 Å². The van der Waals surface area contributed by atoms with E-state index in [4.69, 9.17) is 0 Å². The predicted octanol–water partition coefficient (Wildman–Crippen LogP) is 5.26. The van der Waals surface area contributed by atoms with Gasteiger partial charge in [0.1, 0.15) is 11.5 Å². The number of nitrogens with one attached hydrogen (secondary N) is 1. The number of aliphatic hydroxyl groups excluding tert-OH is 1. The van der Waals surface area contributed by atoms with E-state index >= 15 is 0 Å². The first-order valence-corrected chi connectivity index (χ1v) is 17.5. The Balaban J connectivity index is 1.48. The molecule has 0 spiro atoms. The van der Waals surface area contributed by atoms with Crippen molar-refractivity contribution in [1.29, 1.82) is 0 Å². The molecule has 6 rings (SSSR count). The second-order valence-electron chi connectivity index (χ2n) is 12.3. The van der Waals surface area contributed by atoms with Crippen LogP contribution in [0.2, 0.25) is 0 Å². The number of Topliss-reactive ketones (excluding diaryl/α,β-unsaturated/α-hetero) is 1. The number of benzene rings is 2. The number of nitrogens with zero attached hydrogens (tertiary/aromatic N) is 4. The summed E-state index contributed by atoms with van der Waals surface area (Å²) in [5.74, 6) is -1.25. The smallest absolute Gasteiger partial charge is 0.255 e. The molecule has 1 amide bonds. The van der Waals surface area contributed by atoms with Gasteiger partial charge in [-0.25, -0.2) is 17.3 Å². The minimum Gasteiger partial charge on any atom is -0.394 e. The van der Waals surface area contributed by atoms with Crippen LogP contribution in [0.1, 0.15) is 52.6 Å². The third-order valence-corrected chi connectivity index (χ3v) is 10.1. The van der Waals surface area contributed by atoms with Gasteiger partial charge in [-0.05, 0) is 73.4 Å². The maximum Gasteiger partial charge on any atom is 0.255 e. The molecular weight excluding hydrogens is 633 g/mol. The average Bonchev–Trinajstić information content (AvgIpc) is 3.77. The third kappa shape index (κ3) is 6.33. The van der Waals surface area contributed by atoms with Crippen LogP contribution in [-0.2, 0) is 15.4 Å². The summed E-state index contributed by atoms with van der Waals surface area (Å²) in [6.07, 6.45) is 6.89. The highest BCUT2D eigenvalue weighted by molar-refractivity contribution is 7.92. The molecule has 0 aliphatic heterocycles. The molecule has 10 nitrogen and oxygen atoms in total. The van der Waals surface area contributed by atoms with Crippen molar-refractivity contribution >= 4 is 32.9 Å². The van der Waals surface area contributed by atoms with Crippen molar-refractivity contribution in [3.05, 3.63) is 108 Å². The van der Waals surface area contributed by atoms with Crippen molar-refractivity contribution in [2.75, 3.05) is 30.8 Å². The van der Waals surface area contributed by atoms with E-state index in [0.717, 1.165) is 29.1 Å². The van der Waals surface area contributed by atoms with Crippen molar-refractivity contribution in [1.82, 2.24) is 19.9 Å². The molecule has 0 bridgehead atoms. The number of pyridine rings is 2. The molecule has 12 heteroatoms. The lowest BCUT2D eigenvalue weighted by atomic mass is 9.85. The van der Waals surface area contributed by atoms with Crippen LogP contribution >= 0.6 is 0 Å². The number of aliphatic hydroxyl groups is 1. The summed E-state index contributed by atoms with van der Waals surface area (Å²) in [6.45, 7) is 1.22. The zero-order chi connectivity index (χ0) is 34.2. The largest absolute Gasteiger partial charge is 0.394 e. The Bertz CT molecular complexity index is 2110. The molecule has 1 atom stereocenters. The molecule has 1 saturated carbocycles. The molecule has 3 aromatic heterocycles. The molecule has 2 aromatic carbocycles. The van der Waals surface area contributed by atoms with Crippen LogP contribution in [0.3, 0.4) is 0 Å². The van der Waals surface area contributed by atoms with Gasteiger partial charge >= 0.3 is 0 Å². The summed E-state index contributed by atoms with van der Waals surface area (Å²) in [5, 5.41) is 17.1. The Morgan fingerprint density at radius 2 is 1.81 bits per heavy atom. The van der Waals surface area contributed by atoms with Gasteiger partial charge in [0.15, 0.2) is 5.78 Å². The minimum atomic E-state index is -3.90. The highest BCUT2D eigenvalue weighted by Gasteiger charge is 2.47. The quantitative estimate of drug-likeness (QED) is 0.173. The molecule has 1 fully saturated rings. The maximum absolute atomic E-state index is 13.9. The number of hydrogen-bond donors (Lipinski definition) is 2. The van der Waals surface area contributed by atoms with E-state index in [1.165, 1.54) is 42.0 Å². The first-order chi connectivity index (χ1) is 23.0. The van der Waals surface area contributed by atoms with Crippen LogP contribution in [0.5, 0.6) is 0 Å². The second kappa shape index (κ2) is 12.9. The third-order valence-electron chi connectivity index (χ3n) is 8.96. The molecule has 0 saturated heterocycles. The molecule has 1 aliphatic carbocycles. The van der Waals surface area contributed by atoms with E-state index in [9.17, 15) is 27.5 Å². The highest BCUT2D eigenvalue weighted by Crippen LogP contribution is 2.52. The van der Waals surface area contributed by atoms with Gasteiger partial charge in [-0.3, -0.25) is 18.9 Å². The minimum absolute atomic E-state index is 0.0500. The molecule has 0 radical (unpaired) electrons. The number of hydrogen-bond acceptors (Lipinski definition) is 7. The van der Waals surface area contributed by atoms with Gasteiger partial charge in [-0.15, -0.1) is 0 Å². The van der Waals surface area contributed by atoms with Crippen molar-refractivity contribution in [3.63, 3.8) is 0 Å². The molecule has 3 heterocycles. The fraction of sp³-hybridized carbons (Fsp3) is 0.278. The first-order valence-electron chi connectivity index (χ1n) is 15.6. The second-order valence-corrected chi connectivity index (χ2v) is 14.2. The van der Waals surface area contributed by atoms with E-state index in [1.807, 2.05) is 25.1 Å². The van der Waals surface area contributed by atoms with Gasteiger partial charge < -0.3 is 10.4 Å². The number of carbonyl (C=O) groups excluding carboxylic acids is 2. The van der Waals surface area contributed by atoms with E-state index in [1.54, 1.807) is 36.5 Å². The maximum atomic E-state index is 13.9. The zero-order valence-electron chi connectivity index (χ0n) is 26.9. The predicted molar refractivity (Wildman–Crippen MR) is 182 cm³/mol. The summed E-state index contributed by atoms with van der Waals surface area (Å²) in [5.41, 5.74) is 3.80. The Morgan fingerprint density at radius 3 is 2.44 bits per heavy atom. The highest BCUT2D eigenvalue weighted by atomic mass is 32.2. The molecular formula is C36H36FN5O5S. The molecule has 1 unspecified atom stereocenters. The standard InChI is InChI=1S/C36H36FN5O5S/c1-23(21-36(14-15-36)31-9-4-5-16-39-31)34(44)26-8-6-7-25(19-26)28-20-29-32(35(45)38-2)33(24-10-12-27(37)13-11-24)40-41(29)22-30(28)42(17-18-43)48(3,46)47/h4-13,16,19-20,22-23,43H,14-15,17-18,21H2,1-3H3,(H,38,45). The molecule has 248 valence electrons. The lowest BCUT2D eigenvalue weighted by molar-refractivity contribution is 0.0915. The number of aromatic nitrogens is 3. The normalized spacial score (nSPS) is 14.4. The number of ketones is 1. The van der Waals surface area contributed by atoms with Gasteiger partial charge in [-0.1, -0.05) is 31.2 Å². The molecule has 5 aromatic rings. The lowest BCUT2D eigenvalue weighted by Crippen LogP contribution is -2.33. The van der Waals surface area contributed by atoms with Crippen LogP contribution in [-0.4, -0.2) is 66.3 Å². The number of carbonyl (C=O) groups is 2. The van der Waals surface area contributed by atoms with Gasteiger partial charge in [0.2, 0.25) is 10.0 Å². The van der Waals surface area contributed by atoms with E-state index in [2.05, 4.69) is 15.4 Å². The van der Waals surface area contributed by atoms with Crippen LogP contribution in [0, 0.1) is 11.7 Å². The van der Waals surface area contributed by atoms with Gasteiger partial charge in [-0.2, -0.15) is 5.10 Å². The van der Waals surface area contributed by atoms with Crippen LogP contribution < -0.4 is 9.62 Å². The Morgan fingerprint density at radius 1 is 1.06 bits per heavy atom. The number of amides is 1. The Labute approximate surface area is 278 Å². The van der Waals surface area contributed by atoms with Crippen molar-refractivity contribution in [2.45, 2.75) is 31.6 Å². The average molecular weight is 670 g/mol. The van der Waals surface area contributed by atoms with Crippen molar-refractivity contribution in [3.8, 4) is 22.4 Å². The lowest BCUT2D eigenvalue weighted by Gasteiger charge is -2.25. The molecule has 1 aliphatic rings. The van der Waals surface area contributed by atoms with E-state index < -0.39 is 28.4 Å². The number of sulfonamides is 1. The van der Waals surface area contributed by atoms with Crippen LogP contribution in [0.15, 0.2) is 85.2 Å². The van der Waals surface area contributed by atoms with E-state index in [0.29, 0.717) is 34.2 Å². The molecule has 48 heavy (non-hydrogen) atoms. The summed E-state index contributed by atoms with van der Waals surface area (Å²) in [6, 6.07) is 20.0.